The van der Waals surface area contributed by atoms with Gasteiger partial charge in [0.1, 0.15) is 12.4 Å². The molecule has 0 radical (unpaired) electrons. The van der Waals surface area contributed by atoms with E-state index in [1.807, 2.05) is 24.3 Å². The Labute approximate surface area is 120 Å². The standard InChI is InChI=1S/C14H22N2O3S/c1-20(17,18)11-10-19-14-5-3-2-4-13(14)16-8-6-12(15)7-9-16/h2-5,12H,6-11,15H2,1H3. The molecule has 6 heteroatoms. The SMILES string of the molecule is CS(=O)(=O)CCOc1ccccc1N1CCC(N)CC1. The first kappa shape index (κ1) is 15.1. The summed E-state index contributed by atoms with van der Waals surface area (Å²) in [7, 11) is -2.99. The fourth-order valence-corrected chi connectivity index (χ4v) is 2.67. The Hall–Kier alpha value is -1.27. The van der Waals surface area contributed by atoms with Crippen LogP contribution >= 0.6 is 0 Å². The molecule has 1 aliphatic rings. The van der Waals surface area contributed by atoms with E-state index in [1.165, 1.54) is 6.26 Å². The van der Waals surface area contributed by atoms with E-state index in [4.69, 9.17) is 10.5 Å². The highest BCUT2D eigenvalue weighted by Crippen LogP contribution is 2.30. The second-order valence-electron chi connectivity index (χ2n) is 5.27. The molecule has 0 aromatic heterocycles. The van der Waals surface area contributed by atoms with Crippen molar-refractivity contribution in [1.82, 2.24) is 0 Å². The third kappa shape index (κ3) is 4.38. The number of benzene rings is 1. The number of hydrogen-bond acceptors (Lipinski definition) is 5. The summed E-state index contributed by atoms with van der Waals surface area (Å²) >= 11 is 0. The highest BCUT2D eigenvalue weighted by atomic mass is 32.2. The Morgan fingerprint density at radius 3 is 2.60 bits per heavy atom. The summed E-state index contributed by atoms with van der Waals surface area (Å²) in [5, 5.41) is 0. The van der Waals surface area contributed by atoms with Crippen LogP contribution in [0.2, 0.25) is 0 Å². The van der Waals surface area contributed by atoms with Gasteiger partial charge in [0.2, 0.25) is 0 Å². The average Bonchev–Trinajstić information content (AvgIpc) is 2.39. The molecule has 2 rings (SSSR count). The molecule has 1 fully saturated rings. The molecule has 0 saturated carbocycles. The quantitative estimate of drug-likeness (QED) is 0.879. The highest BCUT2D eigenvalue weighted by Gasteiger charge is 2.19. The number of piperidine rings is 1. The monoisotopic (exact) mass is 298 g/mol. The zero-order chi connectivity index (χ0) is 14.6. The van der Waals surface area contributed by atoms with Crippen molar-refractivity contribution in [2.24, 2.45) is 5.73 Å². The van der Waals surface area contributed by atoms with Crippen molar-refractivity contribution in [3.05, 3.63) is 24.3 Å². The van der Waals surface area contributed by atoms with E-state index in [-0.39, 0.29) is 18.4 Å². The molecule has 1 saturated heterocycles. The third-order valence-electron chi connectivity index (χ3n) is 3.46. The normalized spacial score (nSPS) is 17.2. The molecule has 0 unspecified atom stereocenters. The van der Waals surface area contributed by atoms with Crippen LogP contribution in [0, 0.1) is 0 Å². The van der Waals surface area contributed by atoms with Crippen LogP contribution < -0.4 is 15.4 Å². The number of nitrogens with zero attached hydrogens (tertiary/aromatic N) is 1. The highest BCUT2D eigenvalue weighted by molar-refractivity contribution is 7.90. The Balaban J connectivity index is 2.02. The summed E-state index contributed by atoms with van der Waals surface area (Å²) in [6, 6.07) is 8.03. The zero-order valence-corrected chi connectivity index (χ0v) is 12.6. The molecule has 0 aliphatic carbocycles. The van der Waals surface area contributed by atoms with Crippen LogP contribution in [0.25, 0.3) is 0 Å². The van der Waals surface area contributed by atoms with E-state index in [9.17, 15) is 8.42 Å². The van der Waals surface area contributed by atoms with E-state index in [0.29, 0.717) is 0 Å². The van der Waals surface area contributed by atoms with Gasteiger partial charge in [0, 0.05) is 25.4 Å². The molecule has 1 aliphatic heterocycles. The van der Waals surface area contributed by atoms with E-state index < -0.39 is 9.84 Å². The Bertz CT molecular complexity index is 537. The number of sulfone groups is 1. The van der Waals surface area contributed by atoms with Crippen LogP contribution in [0.5, 0.6) is 5.75 Å². The van der Waals surface area contributed by atoms with Crippen molar-refractivity contribution in [2.45, 2.75) is 18.9 Å². The van der Waals surface area contributed by atoms with Gasteiger partial charge in [-0.15, -0.1) is 0 Å². The van der Waals surface area contributed by atoms with Crippen LogP contribution in [0.3, 0.4) is 0 Å². The van der Waals surface area contributed by atoms with Crippen LogP contribution in [-0.4, -0.2) is 46.2 Å². The third-order valence-corrected chi connectivity index (χ3v) is 4.37. The van der Waals surface area contributed by atoms with Crippen molar-refractivity contribution in [3.63, 3.8) is 0 Å². The van der Waals surface area contributed by atoms with Gasteiger partial charge in [-0.1, -0.05) is 12.1 Å². The second kappa shape index (κ2) is 6.45. The molecule has 1 aromatic rings. The lowest BCUT2D eigenvalue weighted by atomic mass is 10.1. The van der Waals surface area contributed by atoms with Crippen molar-refractivity contribution in [3.8, 4) is 5.75 Å². The predicted molar refractivity (Wildman–Crippen MR) is 81.1 cm³/mol. The topological polar surface area (TPSA) is 72.6 Å². The number of nitrogens with two attached hydrogens (primary N) is 1. The summed E-state index contributed by atoms with van der Waals surface area (Å²) in [5.74, 6) is 0.776. The fourth-order valence-electron chi connectivity index (χ4n) is 2.28. The first-order valence-electron chi connectivity index (χ1n) is 6.86. The molecule has 5 nitrogen and oxygen atoms in total. The van der Waals surface area contributed by atoms with Gasteiger partial charge in [0.25, 0.3) is 0 Å². The van der Waals surface area contributed by atoms with E-state index >= 15 is 0 Å². The number of anilines is 1. The van der Waals surface area contributed by atoms with Crippen molar-refractivity contribution >= 4 is 15.5 Å². The maximum absolute atomic E-state index is 11.1. The Morgan fingerprint density at radius 1 is 1.30 bits per heavy atom. The summed E-state index contributed by atoms with van der Waals surface area (Å²) in [4.78, 5) is 2.25. The smallest absolute Gasteiger partial charge is 0.150 e. The second-order valence-corrected chi connectivity index (χ2v) is 7.53. The lowest BCUT2D eigenvalue weighted by Crippen LogP contribution is -2.39. The molecule has 1 heterocycles. The van der Waals surface area contributed by atoms with Gasteiger partial charge in [-0.3, -0.25) is 0 Å². The number of ether oxygens (including phenoxy) is 1. The molecule has 1 aromatic carbocycles. The molecule has 2 N–H and O–H groups in total. The van der Waals surface area contributed by atoms with E-state index in [1.54, 1.807) is 0 Å². The maximum Gasteiger partial charge on any atom is 0.150 e. The first-order valence-corrected chi connectivity index (χ1v) is 8.92. The fraction of sp³-hybridized carbons (Fsp3) is 0.571. The Kier molecular flexibility index (Phi) is 4.88. The maximum atomic E-state index is 11.1. The lowest BCUT2D eigenvalue weighted by Gasteiger charge is -2.33. The minimum atomic E-state index is -2.99. The first-order chi connectivity index (χ1) is 9.46. The number of para-hydroxylation sites is 2. The molecule has 0 bridgehead atoms. The predicted octanol–water partition coefficient (Wildman–Crippen LogP) is 1.04. The van der Waals surface area contributed by atoms with Gasteiger partial charge in [-0.2, -0.15) is 0 Å². The average molecular weight is 298 g/mol. The molecular weight excluding hydrogens is 276 g/mol. The molecule has 0 atom stereocenters. The molecule has 0 spiro atoms. The van der Waals surface area contributed by atoms with Crippen LogP contribution in [0.15, 0.2) is 24.3 Å². The summed E-state index contributed by atoms with van der Waals surface area (Å²) in [6.45, 7) is 2.00. The van der Waals surface area contributed by atoms with Crippen molar-refractivity contribution in [2.75, 3.05) is 36.6 Å². The largest absolute Gasteiger partial charge is 0.490 e. The summed E-state index contributed by atoms with van der Waals surface area (Å²) in [6.07, 6.45) is 3.16. The molecule has 20 heavy (non-hydrogen) atoms. The van der Waals surface area contributed by atoms with Gasteiger partial charge in [0.05, 0.1) is 11.4 Å². The number of rotatable bonds is 5. The van der Waals surface area contributed by atoms with Gasteiger partial charge < -0.3 is 15.4 Å². The van der Waals surface area contributed by atoms with Crippen molar-refractivity contribution < 1.29 is 13.2 Å². The minimum absolute atomic E-state index is 0.0339. The van der Waals surface area contributed by atoms with E-state index in [2.05, 4.69) is 4.90 Å². The van der Waals surface area contributed by atoms with Gasteiger partial charge in [-0.25, -0.2) is 8.42 Å². The van der Waals surface area contributed by atoms with Crippen LogP contribution in [-0.2, 0) is 9.84 Å². The minimum Gasteiger partial charge on any atom is -0.490 e. The molecule has 0 amide bonds. The lowest BCUT2D eigenvalue weighted by molar-refractivity contribution is 0.340. The van der Waals surface area contributed by atoms with E-state index in [0.717, 1.165) is 37.4 Å². The molecular formula is C14H22N2O3S. The van der Waals surface area contributed by atoms with Crippen LogP contribution in [0.1, 0.15) is 12.8 Å². The molecule has 112 valence electrons. The van der Waals surface area contributed by atoms with Gasteiger partial charge in [0.15, 0.2) is 9.84 Å². The van der Waals surface area contributed by atoms with Crippen LogP contribution in [0.4, 0.5) is 5.69 Å². The van der Waals surface area contributed by atoms with Gasteiger partial charge in [-0.05, 0) is 25.0 Å². The summed E-state index contributed by atoms with van der Waals surface area (Å²) in [5.41, 5.74) is 6.94. The van der Waals surface area contributed by atoms with Crippen molar-refractivity contribution in [1.29, 1.82) is 0 Å². The summed E-state index contributed by atoms with van der Waals surface area (Å²) < 4.78 is 27.9. The Morgan fingerprint density at radius 2 is 1.95 bits per heavy atom. The van der Waals surface area contributed by atoms with Gasteiger partial charge >= 0.3 is 0 Å². The zero-order valence-electron chi connectivity index (χ0n) is 11.8. The number of hydrogen-bond donors (Lipinski definition) is 1.